The van der Waals surface area contributed by atoms with Crippen LogP contribution in [0.4, 0.5) is 0 Å². The Morgan fingerprint density at radius 1 is 1.47 bits per heavy atom. The lowest BCUT2D eigenvalue weighted by Gasteiger charge is -2.40. The zero-order valence-corrected chi connectivity index (χ0v) is 8.86. The lowest BCUT2D eigenvalue weighted by Crippen LogP contribution is -2.43. The van der Waals surface area contributed by atoms with Crippen LogP contribution in [0.15, 0.2) is 11.8 Å². The molecule has 1 N–H and O–H groups in total. The van der Waals surface area contributed by atoms with Gasteiger partial charge in [-0.3, -0.25) is 0 Å². The fourth-order valence-electron chi connectivity index (χ4n) is 2.41. The van der Waals surface area contributed by atoms with Gasteiger partial charge in [-0.05, 0) is 18.9 Å². The van der Waals surface area contributed by atoms with E-state index in [0.29, 0.717) is 0 Å². The topological polar surface area (TPSA) is 55.8 Å². The summed E-state index contributed by atoms with van der Waals surface area (Å²) < 4.78 is 9.86. The van der Waals surface area contributed by atoms with E-state index >= 15 is 0 Å². The van der Waals surface area contributed by atoms with Crippen molar-refractivity contribution in [3.63, 3.8) is 0 Å². The van der Waals surface area contributed by atoms with E-state index in [1.54, 1.807) is 6.08 Å². The molecule has 1 fully saturated rings. The van der Waals surface area contributed by atoms with Crippen LogP contribution in [0.1, 0.15) is 32.1 Å². The molecule has 1 unspecified atom stereocenters. The molecule has 1 aliphatic carbocycles. The molecular formula is C11H16O4. The van der Waals surface area contributed by atoms with Crippen molar-refractivity contribution in [2.24, 2.45) is 5.41 Å². The molecule has 4 nitrogen and oxygen atoms in total. The van der Waals surface area contributed by atoms with Crippen molar-refractivity contribution < 1.29 is 19.4 Å². The molecule has 0 amide bonds. The maximum Gasteiger partial charge on any atom is 0.375 e. The Kier molecular flexibility index (Phi) is 2.69. The van der Waals surface area contributed by atoms with Crippen LogP contribution in [0, 0.1) is 5.41 Å². The van der Waals surface area contributed by atoms with Gasteiger partial charge in [0.25, 0.3) is 0 Å². The molecule has 4 heteroatoms. The van der Waals surface area contributed by atoms with Crippen LogP contribution >= 0.6 is 0 Å². The molecule has 2 aliphatic rings. The van der Waals surface area contributed by atoms with Gasteiger partial charge in [0.15, 0.2) is 0 Å². The first-order valence-corrected chi connectivity index (χ1v) is 5.34. The number of cyclic esters (lactones) is 1. The highest BCUT2D eigenvalue weighted by atomic mass is 16.7. The van der Waals surface area contributed by atoms with Gasteiger partial charge < -0.3 is 14.6 Å². The standard InChI is InChI=1S/C11H16O4/c1-14-8-7-11(5-3-2-4-6-11)10(13)15-9(8)12/h7,10,13H,2-6H2,1H3. The first-order valence-electron chi connectivity index (χ1n) is 5.34. The van der Waals surface area contributed by atoms with Crippen molar-refractivity contribution >= 4 is 5.97 Å². The smallest absolute Gasteiger partial charge is 0.375 e. The molecule has 0 aromatic carbocycles. The third kappa shape index (κ3) is 1.74. The fraction of sp³-hybridized carbons (Fsp3) is 0.727. The third-order valence-corrected chi connectivity index (χ3v) is 3.33. The minimum absolute atomic E-state index is 0.224. The summed E-state index contributed by atoms with van der Waals surface area (Å²) in [6.45, 7) is 0. The Hall–Kier alpha value is -1.03. The van der Waals surface area contributed by atoms with Crippen molar-refractivity contribution in [3.05, 3.63) is 11.8 Å². The number of ether oxygens (including phenoxy) is 2. The summed E-state index contributed by atoms with van der Waals surface area (Å²) in [5.74, 6) is -0.344. The van der Waals surface area contributed by atoms with Crippen molar-refractivity contribution in [1.82, 2.24) is 0 Å². The SMILES string of the molecule is COC1=CC2(CCCCC2)C(O)OC1=O. The van der Waals surface area contributed by atoms with E-state index in [4.69, 9.17) is 9.47 Å². The van der Waals surface area contributed by atoms with Gasteiger partial charge in [-0.1, -0.05) is 19.3 Å². The zero-order valence-electron chi connectivity index (χ0n) is 8.86. The molecule has 1 spiro atoms. The van der Waals surface area contributed by atoms with Crippen LogP contribution in [-0.2, 0) is 14.3 Å². The van der Waals surface area contributed by atoms with Crippen LogP contribution in [0.25, 0.3) is 0 Å². The maximum absolute atomic E-state index is 11.3. The molecule has 1 saturated carbocycles. The van der Waals surface area contributed by atoms with Crippen LogP contribution in [0.3, 0.4) is 0 Å². The first-order chi connectivity index (χ1) is 7.18. The molecular weight excluding hydrogens is 196 g/mol. The van der Waals surface area contributed by atoms with Crippen LogP contribution in [0.5, 0.6) is 0 Å². The summed E-state index contributed by atoms with van der Waals surface area (Å²) >= 11 is 0. The average molecular weight is 212 g/mol. The lowest BCUT2D eigenvalue weighted by molar-refractivity contribution is -0.195. The number of hydrogen-bond donors (Lipinski definition) is 1. The Labute approximate surface area is 88.9 Å². The van der Waals surface area contributed by atoms with E-state index in [-0.39, 0.29) is 5.76 Å². The van der Waals surface area contributed by atoms with E-state index in [1.165, 1.54) is 13.5 Å². The van der Waals surface area contributed by atoms with Crippen LogP contribution in [0.2, 0.25) is 0 Å². The number of methoxy groups -OCH3 is 1. The summed E-state index contributed by atoms with van der Waals surface area (Å²) in [5, 5.41) is 9.82. The van der Waals surface area contributed by atoms with Gasteiger partial charge in [0.1, 0.15) is 0 Å². The molecule has 2 rings (SSSR count). The summed E-state index contributed by atoms with van der Waals surface area (Å²) in [4.78, 5) is 11.3. The van der Waals surface area contributed by atoms with E-state index in [1.807, 2.05) is 0 Å². The third-order valence-electron chi connectivity index (χ3n) is 3.33. The van der Waals surface area contributed by atoms with Gasteiger partial charge in [-0.15, -0.1) is 0 Å². The Balaban J connectivity index is 2.29. The highest BCUT2D eigenvalue weighted by Gasteiger charge is 2.44. The minimum Gasteiger partial charge on any atom is -0.490 e. The van der Waals surface area contributed by atoms with Gasteiger partial charge in [0.05, 0.1) is 12.5 Å². The van der Waals surface area contributed by atoms with Gasteiger partial charge in [0.2, 0.25) is 12.0 Å². The van der Waals surface area contributed by atoms with Crippen molar-refractivity contribution in [1.29, 1.82) is 0 Å². The monoisotopic (exact) mass is 212 g/mol. The van der Waals surface area contributed by atoms with Crippen LogP contribution in [-0.4, -0.2) is 24.5 Å². The van der Waals surface area contributed by atoms with E-state index in [0.717, 1.165) is 25.7 Å². The van der Waals surface area contributed by atoms with Crippen molar-refractivity contribution in [2.75, 3.05) is 7.11 Å². The van der Waals surface area contributed by atoms with Crippen molar-refractivity contribution in [2.45, 2.75) is 38.4 Å². The Morgan fingerprint density at radius 3 is 2.73 bits per heavy atom. The minimum atomic E-state index is -1.01. The van der Waals surface area contributed by atoms with Gasteiger partial charge in [0, 0.05) is 0 Å². The number of hydrogen-bond acceptors (Lipinski definition) is 4. The number of rotatable bonds is 1. The maximum atomic E-state index is 11.3. The number of esters is 1. The normalized spacial score (nSPS) is 29.6. The predicted octanol–water partition coefficient (Wildman–Crippen LogP) is 1.34. The number of carbonyl (C=O) groups excluding carboxylic acids is 1. The molecule has 1 aliphatic heterocycles. The summed E-state index contributed by atoms with van der Waals surface area (Å²) in [5.41, 5.74) is -0.405. The molecule has 84 valence electrons. The second-order valence-corrected chi connectivity index (χ2v) is 4.26. The molecule has 0 radical (unpaired) electrons. The summed E-state index contributed by atoms with van der Waals surface area (Å²) in [6.07, 6.45) is 5.75. The zero-order chi connectivity index (χ0) is 10.9. The molecule has 1 heterocycles. The second-order valence-electron chi connectivity index (χ2n) is 4.26. The van der Waals surface area contributed by atoms with Crippen LogP contribution < -0.4 is 0 Å². The van der Waals surface area contributed by atoms with E-state index in [9.17, 15) is 9.90 Å². The number of aliphatic hydroxyl groups excluding tert-OH is 1. The Morgan fingerprint density at radius 2 is 2.13 bits per heavy atom. The van der Waals surface area contributed by atoms with Crippen molar-refractivity contribution in [3.8, 4) is 0 Å². The van der Waals surface area contributed by atoms with E-state index < -0.39 is 17.7 Å². The molecule has 0 aromatic heterocycles. The summed E-state index contributed by atoms with van der Waals surface area (Å²) in [7, 11) is 1.45. The number of carbonyl (C=O) groups is 1. The average Bonchev–Trinajstić information content (AvgIpc) is 2.25. The second kappa shape index (κ2) is 3.85. The Bertz CT molecular complexity index is 289. The lowest BCUT2D eigenvalue weighted by atomic mass is 9.72. The highest BCUT2D eigenvalue weighted by molar-refractivity contribution is 5.87. The van der Waals surface area contributed by atoms with Gasteiger partial charge in [-0.25, -0.2) is 4.79 Å². The molecule has 0 saturated heterocycles. The molecule has 15 heavy (non-hydrogen) atoms. The fourth-order valence-corrected chi connectivity index (χ4v) is 2.41. The van der Waals surface area contributed by atoms with Gasteiger partial charge in [-0.2, -0.15) is 0 Å². The van der Waals surface area contributed by atoms with Gasteiger partial charge >= 0.3 is 5.97 Å². The highest BCUT2D eigenvalue weighted by Crippen LogP contribution is 2.44. The molecule has 1 atom stereocenters. The molecule has 0 bridgehead atoms. The molecule has 0 aromatic rings. The first kappa shape index (κ1) is 10.5. The number of aliphatic hydroxyl groups is 1. The quantitative estimate of drug-likeness (QED) is 0.666. The largest absolute Gasteiger partial charge is 0.490 e. The van der Waals surface area contributed by atoms with E-state index in [2.05, 4.69) is 0 Å². The summed E-state index contributed by atoms with van der Waals surface area (Å²) in [6, 6.07) is 0. The predicted molar refractivity (Wildman–Crippen MR) is 52.7 cm³/mol.